The van der Waals surface area contributed by atoms with E-state index in [4.69, 9.17) is 0 Å². The van der Waals surface area contributed by atoms with Gasteiger partial charge in [-0.1, -0.05) is 22.9 Å². The molecule has 0 radical (unpaired) electrons. The Morgan fingerprint density at radius 3 is 2.51 bits per heavy atom. The molecule has 0 bridgehead atoms. The number of amides is 2. The Bertz CT molecular complexity index is 1240. The molecule has 2 aromatic rings. The van der Waals surface area contributed by atoms with Gasteiger partial charge in [0.1, 0.15) is 10.7 Å². The molecule has 1 saturated heterocycles. The minimum absolute atomic E-state index is 0.0574. The third-order valence-corrected chi connectivity index (χ3v) is 9.00. The molecular weight excluding hydrogens is 537 g/mol. The summed E-state index contributed by atoms with van der Waals surface area (Å²) in [6.45, 7) is 4.80. The van der Waals surface area contributed by atoms with E-state index in [2.05, 4.69) is 15.9 Å². The Kier molecular flexibility index (Phi) is 7.63. The summed E-state index contributed by atoms with van der Waals surface area (Å²) in [5, 5.41) is 0. The van der Waals surface area contributed by atoms with E-state index in [9.17, 15) is 22.4 Å². The topological polar surface area (TPSA) is 78.0 Å². The van der Waals surface area contributed by atoms with Gasteiger partial charge in [-0.15, -0.1) is 0 Å². The number of rotatable bonds is 6. The van der Waals surface area contributed by atoms with Crippen molar-refractivity contribution in [2.24, 2.45) is 5.92 Å². The molecule has 35 heavy (non-hydrogen) atoms. The van der Waals surface area contributed by atoms with Crippen LogP contribution < -0.4 is 9.80 Å². The standard InChI is InChI=1S/C25H29BrFN3O4S/c1-3-23(31)30-13-11-17-14-19(26)15-22(24(17)30)35(33,34)28-12-5-6-18(16-28)25(32)29(4-2)21-9-7-20(27)8-10-21/h7-10,14-15,18H,3-6,11-13,16H2,1-2H3. The molecule has 7 nitrogen and oxygen atoms in total. The Morgan fingerprint density at radius 1 is 1.14 bits per heavy atom. The fourth-order valence-corrected chi connectivity index (χ4v) is 7.36. The summed E-state index contributed by atoms with van der Waals surface area (Å²) < 4.78 is 43.1. The van der Waals surface area contributed by atoms with E-state index in [1.54, 1.807) is 34.9 Å². The molecule has 2 heterocycles. The van der Waals surface area contributed by atoms with Crippen molar-refractivity contribution in [1.29, 1.82) is 0 Å². The summed E-state index contributed by atoms with van der Waals surface area (Å²) in [4.78, 5) is 29.2. The van der Waals surface area contributed by atoms with Crippen LogP contribution in [-0.2, 0) is 26.0 Å². The van der Waals surface area contributed by atoms with Crippen molar-refractivity contribution < 1.29 is 22.4 Å². The number of hydrogen-bond donors (Lipinski definition) is 0. The first-order valence-electron chi connectivity index (χ1n) is 11.9. The van der Waals surface area contributed by atoms with E-state index < -0.39 is 15.9 Å². The SMILES string of the molecule is CCC(=O)N1CCc2cc(Br)cc(S(=O)(=O)N3CCCC(C(=O)N(CC)c4ccc(F)cc4)C3)c21. The molecule has 4 rings (SSSR count). The average Bonchev–Trinajstić information content (AvgIpc) is 3.28. The Labute approximate surface area is 214 Å². The molecule has 188 valence electrons. The van der Waals surface area contributed by atoms with Crippen LogP contribution in [0.15, 0.2) is 45.8 Å². The second-order valence-electron chi connectivity index (χ2n) is 8.82. The fourth-order valence-electron chi connectivity index (χ4n) is 4.91. The molecule has 0 aliphatic carbocycles. The maximum atomic E-state index is 13.9. The van der Waals surface area contributed by atoms with E-state index in [0.29, 0.717) is 54.7 Å². The molecule has 0 saturated carbocycles. The van der Waals surface area contributed by atoms with Crippen LogP contribution >= 0.6 is 15.9 Å². The van der Waals surface area contributed by atoms with Gasteiger partial charge in [0, 0.05) is 42.8 Å². The highest BCUT2D eigenvalue weighted by Gasteiger charge is 2.39. The van der Waals surface area contributed by atoms with Gasteiger partial charge in [0.2, 0.25) is 21.8 Å². The third kappa shape index (κ3) is 5.01. The number of fused-ring (bicyclic) bond motifs is 1. The smallest absolute Gasteiger partial charge is 0.245 e. The lowest BCUT2D eigenvalue weighted by Gasteiger charge is -2.34. The Morgan fingerprint density at radius 2 is 1.86 bits per heavy atom. The number of hydrogen-bond acceptors (Lipinski definition) is 4. The van der Waals surface area contributed by atoms with Crippen LogP contribution in [0, 0.1) is 11.7 Å². The Balaban J connectivity index is 1.63. The number of nitrogens with zero attached hydrogens (tertiary/aromatic N) is 3. The fraction of sp³-hybridized carbons (Fsp3) is 0.440. The van der Waals surface area contributed by atoms with Crippen LogP contribution in [0.5, 0.6) is 0 Å². The summed E-state index contributed by atoms with van der Waals surface area (Å²) in [5.74, 6) is -1.20. The molecule has 2 aromatic carbocycles. The van der Waals surface area contributed by atoms with Gasteiger partial charge in [-0.2, -0.15) is 4.31 Å². The van der Waals surface area contributed by atoms with E-state index in [1.807, 2.05) is 13.0 Å². The molecule has 2 aliphatic heterocycles. The maximum Gasteiger partial charge on any atom is 0.245 e. The van der Waals surface area contributed by atoms with Crippen molar-refractivity contribution in [3.8, 4) is 0 Å². The number of anilines is 2. The summed E-state index contributed by atoms with van der Waals surface area (Å²) in [7, 11) is -3.96. The van der Waals surface area contributed by atoms with Gasteiger partial charge in [-0.3, -0.25) is 9.59 Å². The van der Waals surface area contributed by atoms with Crippen LogP contribution in [0.2, 0.25) is 0 Å². The first-order chi connectivity index (χ1) is 16.7. The lowest BCUT2D eigenvalue weighted by Crippen LogP contribution is -2.47. The summed E-state index contributed by atoms with van der Waals surface area (Å²) >= 11 is 3.43. The maximum absolute atomic E-state index is 13.9. The molecule has 0 spiro atoms. The summed E-state index contributed by atoms with van der Waals surface area (Å²) in [6, 6.07) is 9.13. The van der Waals surface area contributed by atoms with Crippen LogP contribution in [0.4, 0.5) is 15.8 Å². The lowest BCUT2D eigenvalue weighted by molar-refractivity contribution is -0.123. The first kappa shape index (κ1) is 25.8. The second kappa shape index (κ2) is 10.4. The van der Waals surface area contributed by atoms with Crippen LogP contribution in [0.1, 0.15) is 38.7 Å². The number of sulfonamides is 1. The van der Waals surface area contributed by atoms with Crippen LogP contribution in [0.3, 0.4) is 0 Å². The molecule has 1 atom stereocenters. The zero-order valence-electron chi connectivity index (χ0n) is 19.8. The van der Waals surface area contributed by atoms with E-state index in [1.165, 1.54) is 16.4 Å². The molecule has 1 unspecified atom stereocenters. The van der Waals surface area contributed by atoms with E-state index >= 15 is 0 Å². The highest BCUT2D eigenvalue weighted by molar-refractivity contribution is 9.10. The highest BCUT2D eigenvalue weighted by Crippen LogP contribution is 2.40. The molecule has 2 amide bonds. The van der Waals surface area contributed by atoms with Crippen LogP contribution in [0.25, 0.3) is 0 Å². The number of carbonyl (C=O) groups is 2. The van der Waals surface area contributed by atoms with Gasteiger partial charge in [0.15, 0.2) is 0 Å². The Hall–Kier alpha value is -2.30. The minimum Gasteiger partial charge on any atom is -0.312 e. The van der Waals surface area contributed by atoms with Crippen molar-refractivity contribution in [3.63, 3.8) is 0 Å². The van der Waals surface area contributed by atoms with Gasteiger partial charge in [0.05, 0.1) is 11.6 Å². The van der Waals surface area contributed by atoms with Crippen molar-refractivity contribution in [2.75, 3.05) is 36.0 Å². The zero-order valence-corrected chi connectivity index (χ0v) is 22.2. The largest absolute Gasteiger partial charge is 0.312 e. The molecule has 0 N–H and O–H groups in total. The molecule has 10 heteroatoms. The quantitative estimate of drug-likeness (QED) is 0.522. The van der Waals surface area contributed by atoms with Crippen molar-refractivity contribution >= 4 is 49.1 Å². The van der Waals surface area contributed by atoms with Gasteiger partial charge >= 0.3 is 0 Å². The van der Waals surface area contributed by atoms with Crippen molar-refractivity contribution in [2.45, 2.75) is 44.4 Å². The van der Waals surface area contributed by atoms with Crippen LogP contribution in [-0.4, -0.2) is 50.7 Å². The number of piperidine rings is 1. The van der Waals surface area contributed by atoms with Gasteiger partial charge in [0.25, 0.3) is 0 Å². The predicted octanol–water partition coefficient (Wildman–Crippen LogP) is 4.34. The third-order valence-electron chi connectivity index (χ3n) is 6.67. The summed E-state index contributed by atoms with van der Waals surface area (Å²) in [6.07, 6.45) is 1.99. The molecule has 2 aliphatic rings. The van der Waals surface area contributed by atoms with E-state index in [-0.39, 0.29) is 35.5 Å². The molecule has 0 aromatic heterocycles. The number of benzene rings is 2. The predicted molar refractivity (Wildman–Crippen MR) is 136 cm³/mol. The highest BCUT2D eigenvalue weighted by atomic mass is 79.9. The minimum atomic E-state index is -3.96. The number of carbonyl (C=O) groups excluding carboxylic acids is 2. The zero-order chi connectivity index (χ0) is 25.3. The monoisotopic (exact) mass is 565 g/mol. The first-order valence-corrected chi connectivity index (χ1v) is 14.1. The summed E-state index contributed by atoms with van der Waals surface area (Å²) in [5.41, 5.74) is 1.85. The van der Waals surface area contributed by atoms with Crippen molar-refractivity contribution in [1.82, 2.24) is 4.31 Å². The average molecular weight is 566 g/mol. The lowest BCUT2D eigenvalue weighted by atomic mass is 9.97. The van der Waals surface area contributed by atoms with E-state index in [0.717, 1.165) is 5.56 Å². The normalized spacial score (nSPS) is 18.4. The van der Waals surface area contributed by atoms with Crippen molar-refractivity contribution in [3.05, 3.63) is 52.3 Å². The van der Waals surface area contributed by atoms with Gasteiger partial charge in [-0.25, -0.2) is 12.8 Å². The van der Waals surface area contributed by atoms with Gasteiger partial charge in [-0.05, 0) is 68.1 Å². The molecular formula is C25H29BrFN3O4S. The van der Waals surface area contributed by atoms with Gasteiger partial charge < -0.3 is 9.80 Å². The second-order valence-corrected chi connectivity index (χ2v) is 11.6. The number of halogens is 2. The molecule has 1 fully saturated rings.